The first-order valence-corrected chi connectivity index (χ1v) is 7.37. The van der Waals surface area contributed by atoms with Crippen molar-refractivity contribution in [1.82, 2.24) is 15.0 Å². The maximum atomic E-state index is 6.27. The Morgan fingerprint density at radius 2 is 1.81 bits per heavy atom. The van der Waals surface area contributed by atoms with Crippen molar-refractivity contribution in [3.63, 3.8) is 0 Å². The summed E-state index contributed by atoms with van der Waals surface area (Å²) in [5.41, 5.74) is 4.82. The zero-order valence-electron chi connectivity index (χ0n) is 12.3. The minimum Gasteiger partial charge on any atom is -0.253 e. The van der Waals surface area contributed by atoms with E-state index in [0.29, 0.717) is 11.0 Å². The summed E-state index contributed by atoms with van der Waals surface area (Å²) in [5, 5.41) is 1.57. The quantitative estimate of drug-likeness (QED) is 0.653. The van der Waals surface area contributed by atoms with Crippen LogP contribution < -0.4 is 0 Å². The van der Waals surface area contributed by atoms with E-state index in [4.69, 9.17) is 11.6 Å². The third-order valence-electron chi connectivity index (χ3n) is 3.61. The van der Waals surface area contributed by atoms with E-state index in [2.05, 4.69) is 21.9 Å². The Bertz CT molecular complexity index is 828. The van der Waals surface area contributed by atoms with Crippen molar-refractivity contribution in [2.24, 2.45) is 0 Å². The van der Waals surface area contributed by atoms with Gasteiger partial charge in [-0.2, -0.15) is 0 Å². The van der Waals surface area contributed by atoms with Gasteiger partial charge >= 0.3 is 0 Å². The van der Waals surface area contributed by atoms with Gasteiger partial charge in [0.25, 0.3) is 0 Å². The molecule has 0 aliphatic carbocycles. The van der Waals surface area contributed by atoms with Crippen molar-refractivity contribution in [3.05, 3.63) is 52.4 Å². The zero-order chi connectivity index (χ0) is 15.0. The highest BCUT2D eigenvalue weighted by Crippen LogP contribution is 2.28. The Hall–Kier alpha value is -2.00. The van der Waals surface area contributed by atoms with Crippen molar-refractivity contribution in [2.45, 2.75) is 27.2 Å². The van der Waals surface area contributed by atoms with Gasteiger partial charge in [0.2, 0.25) is 0 Å². The summed E-state index contributed by atoms with van der Waals surface area (Å²) < 4.78 is 0. The van der Waals surface area contributed by atoms with E-state index in [9.17, 15) is 0 Å². The van der Waals surface area contributed by atoms with Gasteiger partial charge in [0, 0.05) is 27.9 Å². The van der Waals surface area contributed by atoms with Crippen molar-refractivity contribution >= 4 is 22.5 Å². The number of aryl methyl sites for hydroxylation is 2. The van der Waals surface area contributed by atoms with Gasteiger partial charge in [-0.05, 0) is 32.4 Å². The molecule has 0 saturated carbocycles. The molecule has 0 fully saturated rings. The number of halogens is 1. The lowest BCUT2D eigenvalue weighted by Gasteiger charge is -2.10. The summed E-state index contributed by atoms with van der Waals surface area (Å²) in [6.07, 6.45) is 0.836. The second-order valence-corrected chi connectivity index (χ2v) is 5.45. The zero-order valence-corrected chi connectivity index (χ0v) is 13.1. The second kappa shape index (κ2) is 5.41. The van der Waals surface area contributed by atoms with E-state index in [1.165, 1.54) is 0 Å². The Morgan fingerprint density at radius 3 is 2.57 bits per heavy atom. The average Bonchev–Trinajstić information content (AvgIpc) is 2.49. The molecule has 0 bridgehead atoms. The maximum absolute atomic E-state index is 6.27. The van der Waals surface area contributed by atoms with Gasteiger partial charge in [-0.1, -0.05) is 36.7 Å². The molecule has 2 heterocycles. The Labute approximate surface area is 129 Å². The normalized spacial score (nSPS) is 11.0. The Morgan fingerprint density at radius 1 is 1.05 bits per heavy atom. The highest BCUT2D eigenvalue weighted by atomic mass is 35.5. The molecule has 0 N–H and O–H groups in total. The number of hydrogen-bond donors (Lipinski definition) is 0. The standard InChI is InChI=1S/C17H16ClN3/c1-4-14-11(3)16(18)21-17(20-14)13-9-10(2)19-15-8-6-5-7-12(13)15/h5-9H,4H2,1-3H3. The van der Waals surface area contributed by atoms with Crippen molar-refractivity contribution < 1.29 is 0 Å². The molecule has 0 aliphatic heterocycles. The van der Waals surface area contributed by atoms with Gasteiger partial charge in [-0.15, -0.1) is 0 Å². The number of para-hydroxylation sites is 1. The van der Waals surface area contributed by atoms with Crippen LogP contribution in [0.1, 0.15) is 23.9 Å². The third kappa shape index (κ3) is 2.49. The third-order valence-corrected chi connectivity index (χ3v) is 3.98. The summed E-state index contributed by atoms with van der Waals surface area (Å²) in [6.45, 7) is 6.01. The molecule has 0 unspecified atom stereocenters. The molecule has 3 nitrogen and oxygen atoms in total. The molecule has 0 saturated heterocycles. The number of fused-ring (bicyclic) bond motifs is 1. The van der Waals surface area contributed by atoms with Gasteiger partial charge in [0.05, 0.1) is 5.52 Å². The van der Waals surface area contributed by atoms with Crippen LogP contribution in [-0.2, 0) is 6.42 Å². The fraction of sp³-hybridized carbons (Fsp3) is 0.235. The molecule has 0 atom stereocenters. The SMILES string of the molecule is CCc1nc(-c2cc(C)nc3ccccc23)nc(Cl)c1C. The smallest absolute Gasteiger partial charge is 0.161 e. The van der Waals surface area contributed by atoms with Crippen LogP contribution in [0.3, 0.4) is 0 Å². The molecule has 0 aliphatic rings. The molecule has 0 amide bonds. The summed E-state index contributed by atoms with van der Waals surface area (Å²) in [5.74, 6) is 0.671. The highest BCUT2D eigenvalue weighted by molar-refractivity contribution is 6.30. The number of benzene rings is 1. The number of hydrogen-bond acceptors (Lipinski definition) is 3. The van der Waals surface area contributed by atoms with E-state index < -0.39 is 0 Å². The Balaban J connectivity index is 2.32. The van der Waals surface area contributed by atoms with Crippen LogP contribution in [0, 0.1) is 13.8 Å². The van der Waals surface area contributed by atoms with Crippen LogP contribution in [0.5, 0.6) is 0 Å². The maximum Gasteiger partial charge on any atom is 0.161 e. The van der Waals surface area contributed by atoms with E-state index >= 15 is 0 Å². The largest absolute Gasteiger partial charge is 0.253 e. The van der Waals surface area contributed by atoms with Crippen molar-refractivity contribution in [1.29, 1.82) is 0 Å². The van der Waals surface area contributed by atoms with Crippen LogP contribution in [0.25, 0.3) is 22.3 Å². The monoisotopic (exact) mass is 297 g/mol. The van der Waals surface area contributed by atoms with E-state index in [1.54, 1.807) is 0 Å². The molecule has 0 radical (unpaired) electrons. The van der Waals surface area contributed by atoms with Gasteiger partial charge in [0.1, 0.15) is 5.15 Å². The van der Waals surface area contributed by atoms with E-state index in [0.717, 1.165) is 39.8 Å². The first-order chi connectivity index (χ1) is 10.1. The first kappa shape index (κ1) is 14.0. The summed E-state index contributed by atoms with van der Waals surface area (Å²) in [7, 11) is 0. The lowest BCUT2D eigenvalue weighted by atomic mass is 10.1. The predicted molar refractivity (Wildman–Crippen MR) is 86.6 cm³/mol. The van der Waals surface area contributed by atoms with Gasteiger partial charge in [-0.25, -0.2) is 9.97 Å². The lowest BCUT2D eigenvalue weighted by Crippen LogP contribution is -2.00. The van der Waals surface area contributed by atoms with Gasteiger partial charge < -0.3 is 0 Å². The van der Waals surface area contributed by atoms with Crippen LogP contribution in [0.4, 0.5) is 0 Å². The topological polar surface area (TPSA) is 38.7 Å². The summed E-state index contributed by atoms with van der Waals surface area (Å²) in [6, 6.07) is 10.0. The van der Waals surface area contributed by atoms with Crippen LogP contribution in [0.2, 0.25) is 5.15 Å². The predicted octanol–water partition coefficient (Wildman–Crippen LogP) is 4.52. The first-order valence-electron chi connectivity index (χ1n) is 7.00. The summed E-state index contributed by atoms with van der Waals surface area (Å²) in [4.78, 5) is 13.7. The van der Waals surface area contributed by atoms with E-state index in [-0.39, 0.29) is 0 Å². The molecule has 0 spiro atoms. The van der Waals surface area contributed by atoms with Crippen LogP contribution in [0.15, 0.2) is 30.3 Å². The molecule has 106 valence electrons. The fourth-order valence-electron chi connectivity index (χ4n) is 2.49. The van der Waals surface area contributed by atoms with Gasteiger partial charge in [0.15, 0.2) is 5.82 Å². The molecule has 3 rings (SSSR count). The molecular formula is C17H16ClN3. The molecular weight excluding hydrogens is 282 g/mol. The number of nitrogens with zero attached hydrogens (tertiary/aromatic N) is 3. The van der Waals surface area contributed by atoms with E-state index in [1.807, 2.05) is 44.2 Å². The number of rotatable bonds is 2. The molecule has 3 aromatic rings. The molecule has 21 heavy (non-hydrogen) atoms. The molecule has 1 aromatic carbocycles. The lowest BCUT2D eigenvalue weighted by molar-refractivity contribution is 0.977. The highest BCUT2D eigenvalue weighted by Gasteiger charge is 2.13. The number of aromatic nitrogens is 3. The van der Waals surface area contributed by atoms with Crippen LogP contribution >= 0.6 is 11.6 Å². The second-order valence-electron chi connectivity index (χ2n) is 5.09. The van der Waals surface area contributed by atoms with Crippen molar-refractivity contribution in [3.8, 4) is 11.4 Å². The van der Waals surface area contributed by atoms with Crippen molar-refractivity contribution in [2.75, 3.05) is 0 Å². The molecule has 2 aromatic heterocycles. The fourth-order valence-corrected chi connectivity index (χ4v) is 2.68. The molecule has 4 heteroatoms. The summed E-state index contributed by atoms with van der Waals surface area (Å²) >= 11 is 6.27. The Kier molecular flexibility index (Phi) is 3.60. The minimum absolute atomic E-state index is 0.524. The minimum atomic E-state index is 0.524. The average molecular weight is 298 g/mol. The van der Waals surface area contributed by atoms with Gasteiger partial charge in [-0.3, -0.25) is 4.98 Å². The van der Waals surface area contributed by atoms with Crippen LogP contribution in [-0.4, -0.2) is 15.0 Å². The number of pyridine rings is 1.